The van der Waals surface area contributed by atoms with Crippen LogP contribution in [0, 0.1) is 0 Å². The average molecular weight is 342 g/mol. The van der Waals surface area contributed by atoms with Gasteiger partial charge in [-0.05, 0) is 24.3 Å². The van der Waals surface area contributed by atoms with Crippen LogP contribution < -0.4 is 4.74 Å². The lowest BCUT2D eigenvalue weighted by Gasteiger charge is -2.13. The predicted octanol–water partition coefficient (Wildman–Crippen LogP) is 2.40. The van der Waals surface area contributed by atoms with Crippen LogP contribution in [0.2, 0.25) is 0 Å². The number of rotatable bonds is 6. The SMILES string of the molecule is COc1ccc(Br)cc1C=CC(=O)N(C)CCC(=O)O. The van der Waals surface area contributed by atoms with Crippen LogP contribution in [0.3, 0.4) is 0 Å². The Balaban J connectivity index is 2.74. The van der Waals surface area contributed by atoms with Crippen molar-refractivity contribution < 1.29 is 19.4 Å². The number of carboxylic acids is 1. The van der Waals surface area contributed by atoms with Gasteiger partial charge in [0.15, 0.2) is 0 Å². The molecule has 0 bridgehead atoms. The number of methoxy groups -OCH3 is 1. The zero-order valence-electron chi connectivity index (χ0n) is 11.3. The molecule has 1 aromatic rings. The second-order valence-electron chi connectivity index (χ2n) is 4.12. The maximum Gasteiger partial charge on any atom is 0.305 e. The van der Waals surface area contributed by atoms with E-state index in [4.69, 9.17) is 9.84 Å². The molecule has 0 aromatic heterocycles. The minimum atomic E-state index is -0.928. The number of halogens is 1. The van der Waals surface area contributed by atoms with Crippen molar-refractivity contribution in [2.24, 2.45) is 0 Å². The van der Waals surface area contributed by atoms with E-state index < -0.39 is 5.97 Å². The molecule has 108 valence electrons. The fourth-order valence-corrected chi connectivity index (χ4v) is 1.88. The molecule has 0 aliphatic carbocycles. The molecule has 0 radical (unpaired) electrons. The number of aliphatic carboxylic acids is 1. The van der Waals surface area contributed by atoms with Crippen LogP contribution in [0.4, 0.5) is 0 Å². The normalized spacial score (nSPS) is 10.6. The molecule has 5 nitrogen and oxygen atoms in total. The van der Waals surface area contributed by atoms with Crippen LogP contribution in [-0.2, 0) is 9.59 Å². The summed E-state index contributed by atoms with van der Waals surface area (Å²) in [6.07, 6.45) is 2.96. The Kier molecular flexibility index (Phi) is 6.24. The monoisotopic (exact) mass is 341 g/mol. The fourth-order valence-electron chi connectivity index (χ4n) is 1.50. The molecule has 0 fully saturated rings. The number of carbonyl (C=O) groups is 2. The molecule has 0 atom stereocenters. The second-order valence-corrected chi connectivity index (χ2v) is 5.04. The molecule has 0 aliphatic rings. The third-order valence-corrected chi connectivity index (χ3v) is 3.13. The van der Waals surface area contributed by atoms with Gasteiger partial charge in [-0.3, -0.25) is 9.59 Å². The number of hydrogen-bond acceptors (Lipinski definition) is 3. The highest BCUT2D eigenvalue weighted by Crippen LogP contribution is 2.24. The van der Waals surface area contributed by atoms with Crippen molar-refractivity contribution in [3.63, 3.8) is 0 Å². The van der Waals surface area contributed by atoms with Crippen molar-refractivity contribution in [1.29, 1.82) is 0 Å². The smallest absolute Gasteiger partial charge is 0.305 e. The van der Waals surface area contributed by atoms with Crippen LogP contribution in [0.25, 0.3) is 6.08 Å². The molecule has 0 heterocycles. The Bertz CT molecular complexity index is 528. The summed E-state index contributed by atoms with van der Waals surface area (Å²) in [5.74, 6) is -0.527. The van der Waals surface area contributed by atoms with Crippen molar-refractivity contribution in [2.75, 3.05) is 20.7 Å². The summed E-state index contributed by atoms with van der Waals surface area (Å²) in [6.45, 7) is 0.175. The topological polar surface area (TPSA) is 66.8 Å². The van der Waals surface area contributed by atoms with Crippen molar-refractivity contribution in [3.05, 3.63) is 34.3 Å². The first-order chi connectivity index (χ1) is 9.43. The van der Waals surface area contributed by atoms with Crippen molar-refractivity contribution >= 4 is 33.9 Å². The Morgan fingerprint density at radius 1 is 1.45 bits per heavy atom. The molecule has 0 saturated heterocycles. The third kappa shape index (κ3) is 5.05. The molecule has 0 saturated carbocycles. The Hall–Kier alpha value is -1.82. The lowest BCUT2D eigenvalue weighted by atomic mass is 10.2. The minimum Gasteiger partial charge on any atom is -0.496 e. The van der Waals surface area contributed by atoms with E-state index in [9.17, 15) is 9.59 Å². The first-order valence-electron chi connectivity index (χ1n) is 5.92. The summed E-state index contributed by atoms with van der Waals surface area (Å²) < 4.78 is 6.08. The van der Waals surface area contributed by atoms with E-state index in [2.05, 4.69) is 15.9 Å². The number of amides is 1. The van der Waals surface area contributed by atoms with Gasteiger partial charge < -0.3 is 14.7 Å². The number of carbonyl (C=O) groups excluding carboxylic acids is 1. The lowest BCUT2D eigenvalue weighted by Crippen LogP contribution is -2.27. The van der Waals surface area contributed by atoms with E-state index in [1.54, 1.807) is 26.3 Å². The van der Waals surface area contributed by atoms with Gasteiger partial charge in [-0.15, -0.1) is 0 Å². The van der Waals surface area contributed by atoms with Crippen LogP contribution in [0.1, 0.15) is 12.0 Å². The lowest BCUT2D eigenvalue weighted by molar-refractivity contribution is -0.137. The van der Waals surface area contributed by atoms with Crippen LogP contribution in [0.15, 0.2) is 28.7 Å². The van der Waals surface area contributed by atoms with Gasteiger partial charge in [0.25, 0.3) is 0 Å². The quantitative estimate of drug-likeness (QED) is 0.807. The molecular weight excluding hydrogens is 326 g/mol. The number of carboxylic acid groups (broad SMARTS) is 1. The van der Waals surface area contributed by atoms with Gasteiger partial charge in [-0.25, -0.2) is 0 Å². The van der Waals surface area contributed by atoms with Gasteiger partial charge in [0.2, 0.25) is 5.91 Å². The first-order valence-corrected chi connectivity index (χ1v) is 6.72. The maximum absolute atomic E-state index is 11.8. The minimum absolute atomic E-state index is 0.0731. The molecule has 0 unspecified atom stereocenters. The fraction of sp³-hybridized carbons (Fsp3) is 0.286. The largest absolute Gasteiger partial charge is 0.496 e. The summed E-state index contributed by atoms with van der Waals surface area (Å²) in [7, 11) is 3.12. The number of benzene rings is 1. The Labute approximate surface area is 126 Å². The van der Waals surface area contributed by atoms with E-state index >= 15 is 0 Å². The van der Waals surface area contributed by atoms with E-state index in [0.717, 1.165) is 10.0 Å². The molecule has 20 heavy (non-hydrogen) atoms. The summed E-state index contributed by atoms with van der Waals surface area (Å²) in [5.41, 5.74) is 0.766. The van der Waals surface area contributed by atoms with E-state index in [-0.39, 0.29) is 18.9 Å². The Morgan fingerprint density at radius 2 is 2.15 bits per heavy atom. The summed E-state index contributed by atoms with van der Waals surface area (Å²) in [4.78, 5) is 23.6. The van der Waals surface area contributed by atoms with Crippen molar-refractivity contribution in [1.82, 2.24) is 4.90 Å². The van der Waals surface area contributed by atoms with E-state index in [0.29, 0.717) is 5.75 Å². The highest BCUT2D eigenvalue weighted by molar-refractivity contribution is 9.10. The molecule has 1 N–H and O–H groups in total. The van der Waals surface area contributed by atoms with Crippen LogP contribution >= 0.6 is 15.9 Å². The first kappa shape index (κ1) is 16.2. The average Bonchev–Trinajstić information content (AvgIpc) is 2.42. The maximum atomic E-state index is 11.8. The van der Waals surface area contributed by atoms with Gasteiger partial charge in [-0.2, -0.15) is 0 Å². The van der Waals surface area contributed by atoms with Gasteiger partial charge in [0.1, 0.15) is 5.75 Å². The molecule has 0 spiro atoms. The number of likely N-dealkylation sites (N-methyl/N-ethyl adjacent to an activating group) is 1. The molecular formula is C14H16BrNO4. The molecule has 1 rings (SSSR count). The highest BCUT2D eigenvalue weighted by Gasteiger charge is 2.07. The third-order valence-electron chi connectivity index (χ3n) is 2.63. The Morgan fingerprint density at radius 3 is 2.75 bits per heavy atom. The van der Waals surface area contributed by atoms with Crippen LogP contribution in [-0.4, -0.2) is 42.6 Å². The molecule has 1 amide bonds. The molecule has 6 heteroatoms. The number of ether oxygens (including phenoxy) is 1. The zero-order valence-corrected chi connectivity index (χ0v) is 12.9. The summed E-state index contributed by atoms with van der Waals surface area (Å²) in [5, 5.41) is 8.57. The van der Waals surface area contributed by atoms with Gasteiger partial charge in [0.05, 0.1) is 13.5 Å². The van der Waals surface area contributed by atoms with Gasteiger partial charge in [0, 0.05) is 29.7 Å². The van der Waals surface area contributed by atoms with E-state index in [1.807, 2.05) is 12.1 Å². The van der Waals surface area contributed by atoms with Crippen molar-refractivity contribution in [3.8, 4) is 5.75 Å². The second kappa shape index (κ2) is 7.69. The van der Waals surface area contributed by atoms with E-state index in [1.165, 1.54) is 11.0 Å². The molecule has 1 aromatic carbocycles. The predicted molar refractivity (Wildman–Crippen MR) is 79.6 cm³/mol. The number of nitrogens with zero attached hydrogens (tertiary/aromatic N) is 1. The summed E-state index contributed by atoms with van der Waals surface area (Å²) in [6, 6.07) is 5.47. The van der Waals surface area contributed by atoms with Crippen molar-refractivity contribution in [2.45, 2.75) is 6.42 Å². The number of hydrogen-bond donors (Lipinski definition) is 1. The van der Waals surface area contributed by atoms with Gasteiger partial charge >= 0.3 is 5.97 Å². The van der Waals surface area contributed by atoms with Gasteiger partial charge in [-0.1, -0.05) is 15.9 Å². The van der Waals surface area contributed by atoms with Crippen LogP contribution in [0.5, 0.6) is 5.75 Å². The molecule has 0 aliphatic heterocycles. The zero-order chi connectivity index (χ0) is 15.1. The summed E-state index contributed by atoms with van der Waals surface area (Å²) >= 11 is 3.35. The highest BCUT2D eigenvalue weighted by atomic mass is 79.9. The standard InChI is InChI=1S/C14H16BrNO4/c1-16(8-7-14(18)19)13(17)6-3-10-9-11(15)4-5-12(10)20-2/h3-6,9H,7-8H2,1-2H3,(H,18,19).